The summed E-state index contributed by atoms with van der Waals surface area (Å²) in [6.07, 6.45) is 0. The fourth-order valence-electron chi connectivity index (χ4n) is 8.87. The molecule has 0 spiro atoms. The first-order valence-corrected chi connectivity index (χ1v) is 19.2. The topological polar surface area (TPSA) is 20.3 Å². The predicted octanol–water partition coefficient (Wildman–Crippen LogP) is 11.5. The Balaban J connectivity index is 1.32. The maximum absolute atomic E-state index is 7.00. The van der Waals surface area contributed by atoms with Gasteiger partial charge in [-0.15, -0.1) is 0 Å². The number of hydrogen-bond acceptors (Lipinski definition) is 2. The van der Waals surface area contributed by atoms with Crippen molar-refractivity contribution in [2.24, 2.45) is 0 Å². The van der Waals surface area contributed by atoms with Crippen LogP contribution in [0, 0.1) is 6.92 Å². The van der Waals surface area contributed by atoms with Gasteiger partial charge in [0.25, 0.3) is 0 Å². The second-order valence-corrected chi connectivity index (χ2v) is 17.3. The molecule has 0 N–H and O–H groups in total. The highest BCUT2D eigenvalue weighted by Gasteiger charge is 2.53. The summed E-state index contributed by atoms with van der Waals surface area (Å²) in [4.78, 5) is 2.56. The van der Waals surface area contributed by atoms with Crippen molar-refractivity contribution in [3.63, 3.8) is 0 Å². The minimum absolute atomic E-state index is 0.00322. The summed E-state index contributed by atoms with van der Waals surface area (Å²) in [7, 11) is 0. The van der Waals surface area contributed by atoms with E-state index in [2.05, 4.69) is 197 Å². The maximum atomic E-state index is 7.00. The Kier molecular flexibility index (Phi) is 7.02. The van der Waals surface area contributed by atoms with Gasteiger partial charge in [-0.1, -0.05) is 133 Å². The van der Waals surface area contributed by atoms with E-state index in [4.69, 9.17) is 4.42 Å². The van der Waals surface area contributed by atoms with Crippen LogP contribution in [0.25, 0.3) is 55.6 Å². The summed E-state index contributed by atoms with van der Waals surface area (Å²) in [6.45, 7) is 16.0. The molecule has 7 aromatic carbocycles. The van der Waals surface area contributed by atoms with Gasteiger partial charge in [0.15, 0.2) is 0 Å². The third-order valence-electron chi connectivity index (χ3n) is 11.6. The quantitative estimate of drug-likeness (QED) is 0.171. The van der Waals surface area contributed by atoms with E-state index in [1.54, 1.807) is 0 Å². The van der Waals surface area contributed by atoms with Gasteiger partial charge >= 0.3 is 12.7 Å². The molecular weight excluding hydrogens is 655 g/mol. The van der Waals surface area contributed by atoms with E-state index < -0.39 is 0 Å². The zero-order valence-corrected chi connectivity index (χ0v) is 32.2. The fourth-order valence-corrected chi connectivity index (χ4v) is 8.87. The van der Waals surface area contributed by atoms with Crippen LogP contribution in [-0.4, -0.2) is 6.85 Å². The van der Waals surface area contributed by atoms with Gasteiger partial charge in [0.1, 0.15) is 0 Å². The highest BCUT2D eigenvalue weighted by Crippen LogP contribution is 2.47. The van der Waals surface area contributed by atoms with E-state index in [9.17, 15) is 0 Å². The van der Waals surface area contributed by atoms with Crippen LogP contribution in [0.3, 0.4) is 0 Å². The molecule has 0 fully saturated rings. The summed E-state index contributed by atoms with van der Waals surface area (Å²) in [6, 6.07) is 51.9. The first-order valence-electron chi connectivity index (χ1n) is 19.2. The molecule has 0 atom stereocenters. The zero-order valence-electron chi connectivity index (χ0n) is 32.2. The van der Waals surface area contributed by atoms with Crippen molar-refractivity contribution in [2.45, 2.75) is 59.3 Å². The average molecular weight is 700 g/mol. The van der Waals surface area contributed by atoms with E-state index in [0.717, 1.165) is 22.6 Å². The van der Waals surface area contributed by atoms with Crippen molar-refractivity contribution in [1.82, 2.24) is 0 Å². The first-order chi connectivity index (χ1) is 26.0. The highest BCUT2D eigenvalue weighted by atomic mass is 16.4. The monoisotopic (exact) mass is 699 g/mol. The number of anilines is 3. The molecule has 3 nitrogen and oxygen atoms in total. The van der Waals surface area contributed by atoms with Crippen molar-refractivity contribution in [2.75, 3.05) is 4.90 Å². The number of nitrogens with zero attached hydrogens (tertiary/aromatic N) is 2. The first kappa shape index (κ1) is 32.8. The van der Waals surface area contributed by atoms with Gasteiger partial charge in [-0.05, 0) is 105 Å². The number of aromatic nitrogens is 1. The number of rotatable bonds is 3. The van der Waals surface area contributed by atoms with Crippen LogP contribution in [0.5, 0.6) is 0 Å². The molecule has 2 aliphatic heterocycles. The predicted molar refractivity (Wildman–Crippen MR) is 227 cm³/mol. The lowest BCUT2D eigenvalue weighted by atomic mass is 9.44. The van der Waals surface area contributed by atoms with Crippen LogP contribution in [-0.2, 0) is 10.8 Å². The molecule has 8 aromatic rings. The van der Waals surface area contributed by atoms with Crippen molar-refractivity contribution >= 4 is 56.7 Å². The van der Waals surface area contributed by atoms with Gasteiger partial charge in [-0.25, -0.2) is 4.48 Å². The summed E-state index contributed by atoms with van der Waals surface area (Å²) in [5.41, 5.74) is 18.1. The Morgan fingerprint density at radius 2 is 1.24 bits per heavy atom. The van der Waals surface area contributed by atoms with Crippen molar-refractivity contribution in [1.29, 1.82) is 0 Å². The Morgan fingerprint density at radius 1 is 0.537 bits per heavy atom. The molecule has 0 aliphatic carbocycles. The van der Waals surface area contributed by atoms with E-state index in [-0.39, 0.29) is 17.7 Å². The SMILES string of the molecule is Cc1cc2c3c(c1)N(c1ccc(C(C)(C)C)cc1-c1ccccc1)c1ccc(C(C)(C)C)cc1B3[n+]1c(-c3ccc4ccccc4c3)oc3cccc-2c31. The number of oxazole rings is 1. The Morgan fingerprint density at radius 3 is 2.00 bits per heavy atom. The zero-order chi connectivity index (χ0) is 37.1. The minimum atomic E-state index is -0.101. The van der Waals surface area contributed by atoms with Crippen LogP contribution in [0.15, 0.2) is 144 Å². The molecule has 0 saturated carbocycles. The third kappa shape index (κ3) is 4.93. The molecule has 3 heterocycles. The number of aryl methyl sites for hydroxylation is 1. The van der Waals surface area contributed by atoms with Crippen LogP contribution >= 0.6 is 0 Å². The average Bonchev–Trinajstić information content (AvgIpc) is 3.55. The van der Waals surface area contributed by atoms with E-state index in [1.165, 1.54) is 77.7 Å². The van der Waals surface area contributed by atoms with Gasteiger partial charge in [0.2, 0.25) is 11.1 Å². The molecule has 0 saturated heterocycles. The van der Waals surface area contributed by atoms with Crippen molar-refractivity contribution in [3.05, 3.63) is 156 Å². The molecular formula is C50H44BN2O+. The normalized spacial score (nSPS) is 13.4. The lowest BCUT2D eigenvalue weighted by Crippen LogP contribution is -2.70. The van der Waals surface area contributed by atoms with Gasteiger partial charge < -0.3 is 9.32 Å². The number of fused-ring (bicyclic) bond motifs is 5. The minimum Gasteiger partial charge on any atom is -0.399 e. The summed E-state index contributed by atoms with van der Waals surface area (Å²) in [5.74, 6) is 0.880. The summed E-state index contributed by atoms with van der Waals surface area (Å²) >= 11 is 0. The van der Waals surface area contributed by atoms with Gasteiger partial charge in [-0.3, -0.25) is 0 Å². The molecule has 54 heavy (non-hydrogen) atoms. The Bertz CT molecular complexity index is 2820. The molecule has 1 aromatic heterocycles. The Labute approximate surface area is 318 Å². The molecule has 0 bridgehead atoms. The summed E-state index contributed by atoms with van der Waals surface area (Å²) in [5, 5.41) is 2.42. The largest absolute Gasteiger partial charge is 0.567 e. The van der Waals surface area contributed by atoms with E-state index in [0.29, 0.717) is 0 Å². The fraction of sp³-hybridized carbons (Fsp3) is 0.180. The van der Waals surface area contributed by atoms with Crippen molar-refractivity contribution < 1.29 is 8.90 Å². The molecule has 2 aliphatic rings. The van der Waals surface area contributed by atoms with Crippen LogP contribution in [0.1, 0.15) is 58.2 Å². The van der Waals surface area contributed by atoms with Gasteiger partial charge in [0.05, 0.1) is 16.8 Å². The third-order valence-corrected chi connectivity index (χ3v) is 11.6. The van der Waals surface area contributed by atoms with Gasteiger partial charge in [-0.2, -0.15) is 0 Å². The molecule has 10 rings (SSSR count). The smallest absolute Gasteiger partial charge is 0.399 e. The van der Waals surface area contributed by atoms with Crippen molar-refractivity contribution in [3.8, 4) is 33.7 Å². The molecule has 0 unspecified atom stereocenters. The van der Waals surface area contributed by atoms with Crippen LogP contribution in [0.4, 0.5) is 17.1 Å². The standard InChI is InChI=1S/C50H44BN2O/c1-31-26-40-38-18-13-19-45-47(38)53(48(54-45)35-21-20-32-14-11-12-17-34(32)28-35)51-41-30-37(50(5,6)7)23-25-43(41)52(44(27-31)46(40)51)42-24-22-36(49(2,3)4)29-39(42)33-15-9-8-10-16-33/h8-30H,1-7H3/q+1. The second-order valence-electron chi connectivity index (χ2n) is 17.3. The van der Waals surface area contributed by atoms with Crippen LogP contribution in [0.2, 0.25) is 0 Å². The maximum Gasteiger partial charge on any atom is 0.567 e. The molecule has 0 amide bonds. The molecule has 0 radical (unpaired) electrons. The molecule has 4 heteroatoms. The number of para-hydroxylation sites is 1. The molecule has 262 valence electrons. The van der Waals surface area contributed by atoms with Gasteiger partial charge in [0, 0.05) is 27.9 Å². The number of benzene rings is 7. The summed E-state index contributed by atoms with van der Waals surface area (Å²) < 4.78 is 9.51. The number of hydrogen-bond donors (Lipinski definition) is 0. The Hall–Kier alpha value is -5.87. The van der Waals surface area contributed by atoms with E-state index >= 15 is 0 Å². The lowest BCUT2D eigenvalue weighted by Gasteiger charge is -2.38. The van der Waals surface area contributed by atoms with E-state index in [1.807, 2.05) is 0 Å². The lowest BCUT2D eigenvalue weighted by molar-refractivity contribution is -0.495. The highest BCUT2D eigenvalue weighted by molar-refractivity contribution is 6.84. The second kappa shape index (κ2) is 11.6. The van der Waals surface area contributed by atoms with Crippen LogP contribution < -0.4 is 20.3 Å².